The molecule has 1 heterocycles. The lowest BCUT2D eigenvalue weighted by atomic mass is 10.1. The zero-order valence-corrected chi connectivity index (χ0v) is 8.01. The number of carbonyl (C=O) groups is 1. The number of para-hydroxylation sites is 1. The van der Waals surface area contributed by atoms with Crippen LogP contribution in [0.2, 0.25) is 0 Å². The van der Waals surface area contributed by atoms with Gasteiger partial charge in [-0.1, -0.05) is 18.2 Å². The van der Waals surface area contributed by atoms with Crippen LogP contribution in [0.5, 0.6) is 5.75 Å². The first-order valence-electron chi connectivity index (χ1n) is 4.64. The van der Waals surface area contributed by atoms with Gasteiger partial charge in [0.1, 0.15) is 12.4 Å². The number of hydrogen-bond donors (Lipinski definition) is 2. The molecule has 2 rings (SSSR count). The molecular formula is C11H11NO3. The zero-order valence-electron chi connectivity index (χ0n) is 8.01. The third kappa shape index (κ3) is 2.16. The van der Waals surface area contributed by atoms with Crippen molar-refractivity contribution < 1.29 is 14.6 Å². The van der Waals surface area contributed by atoms with Gasteiger partial charge >= 0.3 is 0 Å². The molecule has 1 aromatic rings. The summed E-state index contributed by atoms with van der Waals surface area (Å²) in [6.07, 6.45) is 3.11. The fourth-order valence-electron chi connectivity index (χ4n) is 1.37. The van der Waals surface area contributed by atoms with Gasteiger partial charge in [-0.05, 0) is 18.2 Å². The molecule has 78 valence electrons. The quantitative estimate of drug-likeness (QED) is 0.740. The molecule has 0 aliphatic carbocycles. The lowest BCUT2D eigenvalue weighted by molar-refractivity contribution is -0.125. The third-order valence-electron chi connectivity index (χ3n) is 2.07. The van der Waals surface area contributed by atoms with Gasteiger partial charge in [-0.2, -0.15) is 0 Å². The van der Waals surface area contributed by atoms with Crippen LogP contribution in [-0.4, -0.2) is 23.8 Å². The van der Waals surface area contributed by atoms with E-state index in [9.17, 15) is 4.79 Å². The molecule has 1 amide bonds. The van der Waals surface area contributed by atoms with E-state index in [4.69, 9.17) is 9.84 Å². The third-order valence-corrected chi connectivity index (χ3v) is 2.07. The van der Waals surface area contributed by atoms with Gasteiger partial charge in [-0.25, -0.2) is 0 Å². The number of carbonyl (C=O) groups excluding carboxylic acids is 1. The fraction of sp³-hybridized carbons (Fsp3) is 0.182. The van der Waals surface area contributed by atoms with Gasteiger partial charge in [-0.3, -0.25) is 4.79 Å². The highest BCUT2D eigenvalue weighted by atomic mass is 16.5. The van der Waals surface area contributed by atoms with Crippen LogP contribution >= 0.6 is 0 Å². The van der Waals surface area contributed by atoms with Crippen molar-refractivity contribution in [3.05, 3.63) is 35.9 Å². The second kappa shape index (κ2) is 4.14. The average Bonchev–Trinajstić information content (AvgIpc) is 2.29. The summed E-state index contributed by atoms with van der Waals surface area (Å²) in [4.78, 5) is 10.9. The Bertz CT molecular complexity index is 401. The number of aliphatic hydroxyl groups excluding tert-OH is 1. The topological polar surface area (TPSA) is 58.6 Å². The van der Waals surface area contributed by atoms with Gasteiger partial charge < -0.3 is 15.2 Å². The summed E-state index contributed by atoms with van der Waals surface area (Å²) in [5, 5.41) is 11.1. The lowest BCUT2D eigenvalue weighted by Gasteiger charge is -2.21. The number of hydrogen-bond acceptors (Lipinski definition) is 3. The fourth-order valence-corrected chi connectivity index (χ4v) is 1.37. The number of amides is 1. The predicted octanol–water partition coefficient (Wildman–Crippen LogP) is 0.527. The molecular weight excluding hydrogens is 194 g/mol. The molecule has 2 N–H and O–H groups in total. The standard InChI is InChI=1S/C11H11NO3/c13-7-10(14)12-11-6-5-8-3-1-2-4-9(8)15-11/h1-6,11,13H,7H2,(H,12,14). The molecule has 4 nitrogen and oxygen atoms in total. The smallest absolute Gasteiger partial charge is 0.248 e. The number of ether oxygens (including phenoxy) is 1. The largest absolute Gasteiger partial charge is 0.466 e. The molecule has 0 aromatic heterocycles. The highest BCUT2D eigenvalue weighted by Gasteiger charge is 2.15. The van der Waals surface area contributed by atoms with Crippen LogP contribution in [0.15, 0.2) is 30.3 Å². The molecule has 1 unspecified atom stereocenters. The monoisotopic (exact) mass is 205 g/mol. The molecule has 1 atom stereocenters. The second-order valence-corrected chi connectivity index (χ2v) is 3.16. The Balaban J connectivity index is 2.09. The van der Waals surface area contributed by atoms with Crippen LogP contribution in [0.1, 0.15) is 5.56 Å². The Morgan fingerprint density at radius 1 is 1.47 bits per heavy atom. The van der Waals surface area contributed by atoms with Gasteiger partial charge in [-0.15, -0.1) is 0 Å². The molecule has 0 saturated carbocycles. The average molecular weight is 205 g/mol. The summed E-state index contributed by atoms with van der Waals surface area (Å²) in [6, 6.07) is 7.54. The summed E-state index contributed by atoms with van der Waals surface area (Å²) >= 11 is 0. The summed E-state index contributed by atoms with van der Waals surface area (Å²) in [6.45, 7) is -0.532. The van der Waals surface area contributed by atoms with Crippen molar-refractivity contribution in [1.29, 1.82) is 0 Å². The van der Waals surface area contributed by atoms with E-state index in [1.54, 1.807) is 6.08 Å². The molecule has 0 spiro atoms. The molecule has 0 saturated heterocycles. The summed E-state index contributed by atoms with van der Waals surface area (Å²) in [5.74, 6) is 0.271. The van der Waals surface area contributed by atoms with Crippen LogP contribution in [0.25, 0.3) is 6.08 Å². The van der Waals surface area contributed by atoms with Gasteiger partial charge in [0.2, 0.25) is 5.91 Å². The van der Waals surface area contributed by atoms with Gasteiger partial charge in [0.15, 0.2) is 6.23 Å². The summed E-state index contributed by atoms with van der Waals surface area (Å²) < 4.78 is 5.47. The second-order valence-electron chi connectivity index (χ2n) is 3.16. The van der Waals surface area contributed by atoms with Crippen molar-refractivity contribution in [1.82, 2.24) is 5.32 Å². The first kappa shape index (κ1) is 9.73. The van der Waals surface area contributed by atoms with Crippen molar-refractivity contribution in [2.45, 2.75) is 6.23 Å². The van der Waals surface area contributed by atoms with Crippen molar-refractivity contribution in [3.8, 4) is 5.75 Å². The number of fused-ring (bicyclic) bond motifs is 1. The van der Waals surface area contributed by atoms with E-state index in [0.29, 0.717) is 0 Å². The maximum Gasteiger partial charge on any atom is 0.248 e. The minimum Gasteiger partial charge on any atom is -0.466 e. The van der Waals surface area contributed by atoms with Crippen LogP contribution in [0, 0.1) is 0 Å². The van der Waals surface area contributed by atoms with Crippen LogP contribution in [0.4, 0.5) is 0 Å². The van der Waals surface area contributed by atoms with Crippen LogP contribution in [0.3, 0.4) is 0 Å². The Morgan fingerprint density at radius 3 is 3.07 bits per heavy atom. The molecule has 1 aliphatic heterocycles. The Kier molecular flexibility index (Phi) is 2.69. The minimum atomic E-state index is -0.532. The first-order valence-corrected chi connectivity index (χ1v) is 4.64. The van der Waals surface area contributed by atoms with E-state index in [-0.39, 0.29) is 0 Å². The highest BCUT2D eigenvalue weighted by Crippen LogP contribution is 2.24. The molecule has 0 fully saturated rings. The Morgan fingerprint density at radius 2 is 2.27 bits per heavy atom. The van der Waals surface area contributed by atoms with Crippen molar-refractivity contribution >= 4 is 12.0 Å². The highest BCUT2D eigenvalue weighted by molar-refractivity contribution is 5.77. The van der Waals surface area contributed by atoms with Gasteiger partial charge in [0.25, 0.3) is 0 Å². The normalized spacial score (nSPS) is 17.8. The first-order chi connectivity index (χ1) is 7.29. The van der Waals surface area contributed by atoms with Gasteiger partial charge in [0.05, 0.1) is 0 Å². The molecule has 0 radical (unpaired) electrons. The van der Waals surface area contributed by atoms with E-state index < -0.39 is 18.7 Å². The Hall–Kier alpha value is -1.81. The molecule has 1 aromatic carbocycles. The number of nitrogens with one attached hydrogen (secondary N) is 1. The van der Waals surface area contributed by atoms with E-state index in [0.717, 1.165) is 11.3 Å². The maximum absolute atomic E-state index is 10.9. The van der Waals surface area contributed by atoms with E-state index in [2.05, 4.69) is 5.32 Å². The Labute approximate surface area is 87.2 Å². The molecule has 15 heavy (non-hydrogen) atoms. The van der Waals surface area contributed by atoms with E-state index in [1.807, 2.05) is 30.3 Å². The predicted molar refractivity (Wildman–Crippen MR) is 55.1 cm³/mol. The zero-order chi connectivity index (χ0) is 10.7. The summed E-state index contributed by atoms with van der Waals surface area (Å²) in [7, 11) is 0. The number of aliphatic hydroxyl groups is 1. The van der Waals surface area contributed by atoms with E-state index in [1.165, 1.54) is 0 Å². The van der Waals surface area contributed by atoms with E-state index >= 15 is 0 Å². The van der Waals surface area contributed by atoms with Crippen molar-refractivity contribution in [2.24, 2.45) is 0 Å². The molecule has 4 heteroatoms. The lowest BCUT2D eigenvalue weighted by Crippen LogP contribution is -2.40. The van der Waals surface area contributed by atoms with Crippen LogP contribution < -0.4 is 10.1 Å². The van der Waals surface area contributed by atoms with Crippen LogP contribution in [-0.2, 0) is 4.79 Å². The number of rotatable bonds is 2. The van der Waals surface area contributed by atoms with Gasteiger partial charge in [0, 0.05) is 5.56 Å². The minimum absolute atomic E-state index is 0.455. The van der Waals surface area contributed by atoms with Crippen molar-refractivity contribution in [3.63, 3.8) is 0 Å². The van der Waals surface area contributed by atoms with Crippen molar-refractivity contribution in [2.75, 3.05) is 6.61 Å². The molecule has 0 bridgehead atoms. The summed E-state index contributed by atoms with van der Waals surface area (Å²) in [5.41, 5.74) is 0.979. The maximum atomic E-state index is 10.9. The SMILES string of the molecule is O=C(CO)NC1C=Cc2ccccc2O1. The number of benzene rings is 1. The molecule has 1 aliphatic rings.